The van der Waals surface area contributed by atoms with Gasteiger partial charge < -0.3 is 4.42 Å². The van der Waals surface area contributed by atoms with E-state index in [9.17, 15) is 22.2 Å². The zero-order valence-corrected chi connectivity index (χ0v) is 12.3. The lowest BCUT2D eigenvalue weighted by Gasteiger charge is -2.14. The molecule has 22 heavy (non-hydrogen) atoms. The first-order valence-corrected chi connectivity index (χ1v) is 7.46. The zero-order chi connectivity index (χ0) is 16.5. The van der Waals surface area contributed by atoms with E-state index in [1.54, 1.807) is 0 Å². The molecule has 0 aliphatic heterocycles. The highest BCUT2D eigenvalue weighted by molar-refractivity contribution is 7.84. The minimum Gasteiger partial charge on any atom is -0.411 e. The number of halogens is 4. The molecule has 118 valence electrons. The van der Waals surface area contributed by atoms with Crippen molar-refractivity contribution in [2.24, 2.45) is 0 Å². The van der Waals surface area contributed by atoms with Gasteiger partial charge in [0, 0.05) is 6.26 Å². The molecule has 1 atom stereocenters. The summed E-state index contributed by atoms with van der Waals surface area (Å²) in [5.74, 6) is -0.866. The molecular weight excluding hydrogens is 347 g/mol. The van der Waals surface area contributed by atoms with E-state index in [1.165, 1.54) is 0 Å². The number of alkyl halides is 3. The van der Waals surface area contributed by atoms with Gasteiger partial charge in [-0.3, -0.25) is 14.3 Å². The van der Waals surface area contributed by atoms with E-state index in [0.29, 0.717) is 6.07 Å². The highest BCUT2D eigenvalue weighted by atomic mass is 35.5. The van der Waals surface area contributed by atoms with Crippen molar-refractivity contribution in [3.05, 3.63) is 34.7 Å². The van der Waals surface area contributed by atoms with Crippen molar-refractivity contribution in [1.82, 2.24) is 10.2 Å². The van der Waals surface area contributed by atoms with Crippen LogP contribution >= 0.6 is 11.6 Å². The summed E-state index contributed by atoms with van der Waals surface area (Å²) < 4.78 is 55.0. The fraction of sp³-hybridized carbons (Fsp3) is 0.182. The maximum Gasteiger partial charge on any atom is 0.417 e. The number of benzene rings is 1. The Balaban J connectivity index is 2.48. The van der Waals surface area contributed by atoms with Gasteiger partial charge in [0.2, 0.25) is 6.39 Å². The van der Waals surface area contributed by atoms with Crippen LogP contribution in [0, 0.1) is 0 Å². The molecule has 0 spiro atoms. The topological polar surface area (TPSA) is 85.1 Å². The first-order chi connectivity index (χ1) is 10.2. The summed E-state index contributed by atoms with van der Waals surface area (Å²) >= 11 is 5.83. The highest BCUT2D eigenvalue weighted by Crippen LogP contribution is 2.38. The van der Waals surface area contributed by atoms with Crippen LogP contribution in [0.15, 0.2) is 27.8 Å². The molecule has 1 aromatic heterocycles. The van der Waals surface area contributed by atoms with Gasteiger partial charge in [-0.05, 0) is 12.1 Å². The molecule has 0 fully saturated rings. The van der Waals surface area contributed by atoms with Gasteiger partial charge in [-0.25, -0.2) is 0 Å². The molecule has 1 amide bonds. The smallest absolute Gasteiger partial charge is 0.411 e. The van der Waals surface area contributed by atoms with E-state index in [1.807, 2.05) is 0 Å². The molecule has 0 aliphatic rings. The largest absolute Gasteiger partial charge is 0.417 e. The Morgan fingerprint density at radius 2 is 2.09 bits per heavy atom. The molecule has 1 aromatic carbocycles. The second-order valence-corrected chi connectivity index (χ2v) is 5.65. The van der Waals surface area contributed by atoms with Crippen LogP contribution in [0.25, 0.3) is 0 Å². The van der Waals surface area contributed by atoms with Gasteiger partial charge in [0.25, 0.3) is 5.91 Å². The van der Waals surface area contributed by atoms with E-state index in [0.717, 1.165) is 18.7 Å². The Morgan fingerprint density at radius 1 is 1.41 bits per heavy atom. The normalized spacial score (nSPS) is 13.0. The number of nitrogens with zero attached hydrogens (tertiary/aromatic N) is 2. The first kappa shape index (κ1) is 16.4. The lowest BCUT2D eigenvalue weighted by molar-refractivity contribution is -0.139. The molecule has 0 bridgehead atoms. The van der Waals surface area contributed by atoms with Crippen LogP contribution in [0.2, 0.25) is 5.02 Å². The molecule has 11 heteroatoms. The summed E-state index contributed by atoms with van der Waals surface area (Å²) in [6.45, 7) is 0. The number of amides is 1. The van der Waals surface area contributed by atoms with Gasteiger partial charge in [-0.2, -0.15) is 13.2 Å². The van der Waals surface area contributed by atoms with Crippen LogP contribution in [-0.2, 0) is 17.0 Å². The van der Waals surface area contributed by atoms with Gasteiger partial charge >= 0.3 is 12.2 Å². The summed E-state index contributed by atoms with van der Waals surface area (Å²) in [5.41, 5.74) is -1.45. The summed E-state index contributed by atoms with van der Waals surface area (Å²) in [7, 11) is -2.05. The summed E-state index contributed by atoms with van der Waals surface area (Å²) in [5, 5.41) is 8.33. The van der Waals surface area contributed by atoms with Crippen LogP contribution in [0.4, 0.5) is 19.2 Å². The average Bonchev–Trinajstić information content (AvgIpc) is 2.89. The Kier molecular flexibility index (Phi) is 4.52. The number of anilines is 1. The monoisotopic (exact) mass is 353 g/mol. The Labute approximate surface area is 129 Å². The van der Waals surface area contributed by atoms with Crippen molar-refractivity contribution in [3.8, 4) is 0 Å². The molecule has 0 aliphatic carbocycles. The molecule has 2 aromatic rings. The van der Waals surface area contributed by atoms with Crippen molar-refractivity contribution < 1.29 is 26.6 Å². The number of rotatable bonds is 3. The molecule has 0 radical (unpaired) electrons. The fourth-order valence-corrected chi connectivity index (χ4v) is 3.06. The second-order valence-electron chi connectivity index (χ2n) is 3.95. The quantitative estimate of drug-likeness (QED) is 0.917. The van der Waals surface area contributed by atoms with Crippen LogP contribution in [0.1, 0.15) is 15.9 Å². The first-order valence-electron chi connectivity index (χ1n) is 5.52. The van der Waals surface area contributed by atoms with Gasteiger partial charge in [-0.1, -0.05) is 16.7 Å². The summed E-state index contributed by atoms with van der Waals surface area (Å²) in [6.07, 6.45) is -2.75. The standard InChI is InChI=1S/C11H7ClF3N3O3S/c1-22(20)8-6(11(13,14)15)3-2-5(7(8)12)9(19)17-10-18-16-4-21-10/h2-4H,1H3,(H,17,18,19). The predicted octanol–water partition coefficient (Wildman–Crippen LogP) is 2.73. The molecule has 2 rings (SSSR count). The minimum absolute atomic E-state index is 0.250. The summed E-state index contributed by atoms with van der Waals surface area (Å²) in [4.78, 5) is 11.3. The molecule has 6 nitrogen and oxygen atoms in total. The maximum absolute atomic E-state index is 12.9. The number of carbonyl (C=O) groups is 1. The Bertz CT molecular complexity index is 734. The van der Waals surface area contributed by atoms with Crippen LogP contribution < -0.4 is 5.32 Å². The van der Waals surface area contributed by atoms with Crippen LogP contribution in [-0.4, -0.2) is 26.6 Å². The third-order valence-corrected chi connectivity index (χ3v) is 4.02. The van der Waals surface area contributed by atoms with Gasteiger partial charge in [-0.15, -0.1) is 5.10 Å². The molecule has 1 N–H and O–H groups in total. The maximum atomic E-state index is 12.9. The third kappa shape index (κ3) is 3.28. The van der Waals surface area contributed by atoms with Gasteiger partial charge in [0.05, 0.1) is 31.8 Å². The summed E-state index contributed by atoms with van der Waals surface area (Å²) in [6, 6.07) is 1.28. The van der Waals surface area contributed by atoms with E-state index in [2.05, 4.69) is 19.9 Å². The van der Waals surface area contributed by atoms with Crippen molar-refractivity contribution in [3.63, 3.8) is 0 Å². The van der Waals surface area contributed by atoms with Crippen molar-refractivity contribution in [2.75, 3.05) is 11.6 Å². The predicted molar refractivity (Wildman–Crippen MR) is 71.0 cm³/mol. The van der Waals surface area contributed by atoms with Crippen LogP contribution in [0.3, 0.4) is 0 Å². The van der Waals surface area contributed by atoms with Crippen molar-refractivity contribution in [1.29, 1.82) is 0 Å². The Morgan fingerprint density at radius 3 is 2.59 bits per heavy atom. The number of hydrogen-bond donors (Lipinski definition) is 1. The third-order valence-electron chi connectivity index (χ3n) is 2.52. The van der Waals surface area contributed by atoms with E-state index < -0.39 is 38.4 Å². The molecule has 0 saturated carbocycles. The minimum atomic E-state index is -4.74. The SMILES string of the molecule is CS(=O)c1c(C(F)(F)F)ccc(C(=O)Nc2nnco2)c1Cl. The molecule has 0 saturated heterocycles. The fourth-order valence-electron chi connectivity index (χ4n) is 1.63. The number of carbonyl (C=O) groups excluding carboxylic acids is 1. The zero-order valence-electron chi connectivity index (χ0n) is 10.8. The van der Waals surface area contributed by atoms with Gasteiger partial charge in [0.15, 0.2) is 0 Å². The molecule has 1 heterocycles. The molecular formula is C11H7ClF3N3O3S. The molecule has 1 unspecified atom stereocenters. The Hall–Kier alpha value is -1.94. The number of hydrogen-bond acceptors (Lipinski definition) is 5. The highest BCUT2D eigenvalue weighted by Gasteiger charge is 2.36. The van der Waals surface area contributed by atoms with E-state index in [-0.39, 0.29) is 11.6 Å². The number of nitrogens with one attached hydrogen (secondary N) is 1. The lowest BCUT2D eigenvalue weighted by Crippen LogP contribution is -2.16. The van der Waals surface area contributed by atoms with E-state index >= 15 is 0 Å². The van der Waals surface area contributed by atoms with Crippen molar-refractivity contribution in [2.45, 2.75) is 11.1 Å². The van der Waals surface area contributed by atoms with E-state index in [4.69, 9.17) is 11.6 Å². The van der Waals surface area contributed by atoms with Crippen molar-refractivity contribution >= 4 is 34.3 Å². The lowest BCUT2D eigenvalue weighted by atomic mass is 10.1. The van der Waals surface area contributed by atoms with Gasteiger partial charge in [0.1, 0.15) is 0 Å². The van der Waals surface area contributed by atoms with Crippen LogP contribution in [0.5, 0.6) is 0 Å². The number of aromatic nitrogens is 2. The average molecular weight is 354 g/mol. The second kappa shape index (κ2) is 6.05.